The summed E-state index contributed by atoms with van der Waals surface area (Å²) in [6.45, 7) is 4.01. The molecule has 0 bridgehead atoms. The molecule has 0 aromatic heterocycles. The Morgan fingerprint density at radius 1 is 1.10 bits per heavy atom. The van der Waals surface area contributed by atoms with Gasteiger partial charge in [0.2, 0.25) is 0 Å². The molecule has 0 atom stereocenters. The number of carbonyl (C=O) groups is 3. The molecule has 1 aromatic rings. The summed E-state index contributed by atoms with van der Waals surface area (Å²) in [6, 6.07) is 6.53. The molecule has 0 radical (unpaired) electrons. The minimum atomic E-state index is -0.333. The van der Waals surface area contributed by atoms with Crippen molar-refractivity contribution in [1.29, 1.82) is 0 Å². The highest BCUT2D eigenvalue weighted by atomic mass is 16.6. The highest BCUT2D eigenvalue weighted by Crippen LogP contribution is 2.10. The Kier molecular flexibility index (Phi) is 4.92. The van der Waals surface area contributed by atoms with Crippen LogP contribution in [-0.4, -0.2) is 60.9 Å². The van der Waals surface area contributed by atoms with Gasteiger partial charge in [0, 0.05) is 37.3 Å². The molecule has 6 nitrogen and oxygen atoms in total. The normalized spacial score (nSPS) is 14.7. The first-order valence-corrected chi connectivity index (χ1v) is 6.92. The molecule has 2 rings (SSSR count). The van der Waals surface area contributed by atoms with Gasteiger partial charge in [-0.2, -0.15) is 0 Å². The van der Waals surface area contributed by atoms with Gasteiger partial charge in [0.15, 0.2) is 0 Å². The second-order valence-electron chi connectivity index (χ2n) is 4.72. The standard InChI is InChI=1S/C15H18N2O4/c1-2-21-15(20)17-9-7-16(8-10-17)14(19)13-5-3-12(11-18)4-6-13/h3-6,11H,2,7-10H2,1H3. The number of hydrogen-bond acceptors (Lipinski definition) is 4. The summed E-state index contributed by atoms with van der Waals surface area (Å²) < 4.78 is 4.94. The molecule has 1 aliphatic heterocycles. The van der Waals surface area contributed by atoms with Crippen LogP contribution in [0.5, 0.6) is 0 Å². The average Bonchev–Trinajstić information content (AvgIpc) is 2.54. The van der Waals surface area contributed by atoms with Gasteiger partial charge in [0.05, 0.1) is 6.61 Å². The number of amides is 2. The first-order chi connectivity index (χ1) is 10.2. The van der Waals surface area contributed by atoms with Gasteiger partial charge in [0.1, 0.15) is 6.29 Å². The molecular formula is C15H18N2O4. The SMILES string of the molecule is CCOC(=O)N1CCN(C(=O)c2ccc(C=O)cc2)CC1. The van der Waals surface area contributed by atoms with E-state index in [1.807, 2.05) is 0 Å². The predicted molar refractivity (Wildman–Crippen MR) is 76.3 cm³/mol. The van der Waals surface area contributed by atoms with Gasteiger partial charge in [-0.05, 0) is 19.1 Å². The maximum absolute atomic E-state index is 12.3. The van der Waals surface area contributed by atoms with Crippen LogP contribution >= 0.6 is 0 Å². The fourth-order valence-corrected chi connectivity index (χ4v) is 2.19. The molecule has 112 valence electrons. The van der Waals surface area contributed by atoms with Crippen molar-refractivity contribution in [1.82, 2.24) is 9.80 Å². The van der Waals surface area contributed by atoms with Crippen molar-refractivity contribution in [3.05, 3.63) is 35.4 Å². The van der Waals surface area contributed by atoms with E-state index in [1.165, 1.54) is 0 Å². The third kappa shape index (κ3) is 3.59. The summed E-state index contributed by atoms with van der Waals surface area (Å²) in [5.74, 6) is -0.0871. The van der Waals surface area contributed by atoms with E-state index in [2.05, 4.69) is 0 Å². The predicted octanol–water partition coefficient (Wildman–Crippen LogP) is 1.41. The molecule has 1 aliphatic rings. The van der Waals surface area contributed by atoms with E-state index in [0.29, 0.717) is 43.9 Å². The zero-order valence-electron chi connectivity index (χ0n) is 11.9. The molecular weight excluding hydrogens is 272 g/mol. The van der Waals surface area contributed by atoms with Crippen molar-refractivity contribution in [2.75, 3.05) is 32.8 Å². The fraction of sp³-hybridized carbons (Fsp3) is 0.400. The van der Waals surface area contributed by atoms with Crippen LogP contribution in [0.25, 0.3) is 0 Å². The summed E-state index contributed by atoms with van der Waals surface area (Å²) in [5.41, 5.74) is 1.09. The Bertz CT molecular complexity index is 519. The molecule has 0 saturated carbocycles. The average molecular weight is 290 g/mol. The van der Waals surface area contributed by atoms with Crippen molar-refractivity contribution in [3.8, 4) is 0 Å². The smallest absolute Gasteiger partial charge is 0.409 e. The Hall–Kier alpha value is -2.37. The Balaban J connectivity index is 1.93. The highest BCUT2D eigenvalue weighted by Gasteiger charge is 2.25. The zero-order chi connectivity index (χ0) is 15.2. The van der Waals surface area contributed by atoms with Crippen molar-refractivity contribution in [2.24, 2.45) is 0 Å². The minimum Gasteiger partial charge on any atom is -0.450 e. The first kappa shape index (κ1) is 15.0. The summed E-state index contributed by atoms with van der Waals surface area (Å²) in [4.78, 5) is 37.8. The lowest BCUT2D eigenvalue weighted by molar-refractivity contribution is 0.0570. The third-order valence-electron chi connectivity index (χ3n) is 3.39. The number of ether oxygens (including phenoxy) is 1. The van der Waals surface area contributed by atoms with Gasteiger partial charge < -0.3 is 14.5 Å². The Labute approximate surface area is 123 Å². The van der Waals surface area contributed by atoms with Crippen molar-refractivity contribution in [3.63, 3.8) is 0 Å². The van der Waals surface area contributed by atoms with Gasteiger partial charge in [0.25, 0.3) is 5.91 Å². The van der Waals surface area contributed by atoms with Gasteiger partial charge in [-0.1, -0.05) is 12.1 Å². The molecule has 1 aromatic carbocycles. The lowest BCUT2D eigenvalue weighted by Gasteiger charge is -2.34. The number of hydrogen-bond donors (Lipinski definition) is 0. The molecule has 21 heavy (non-hydrogen) atoms. The van der Waals surface area contributed by atoms with E-state index >= 15 is 0 Å². The van der Waals surface area contributed by atoms with E-state index in [4.69, 9.17) is 4.74 Å². The van der Waals surface area contributed by atoms with Gasteiger partial charge in [-0.15, -0.1) is 0 Å². The summed E-state index contributed by atoms with van der Waals surface area (Å²) in [7, 11) is 0. The quantitative estimate of drug-likeness (QED) is 0.789. The number of benzene rings is 1. The molecule has 1 heterocycles. The molecule has 0 aliphatic carbocycles. The highest BCUT2D eigenvalue weighted by molar-refractivity contribution is 5.95. The number of aldehydes is 1. The number of carbonyl (C=O) groups excluding carboxylic acids is 3. The van der Waals surface area contributed by atoms with E-state index in [-0.39, 0.29) is 12.0 Å². The number of nitrogens with zero attached hydrogens (tertiary/aromatic N) is 2. The van der Waals surface area contributed by atoms with Gasteiger partial charge >= 0.3 is 6.09 Å². The molecule has 1 fully saturated rings. The lowest BCUT2D eigenvalue weighted by Crippen LogP contribution is -2.50. The van der Waals surface area contributed by atoms with E-state index in [0.717, 1.165) is 6.29 Å². The van der Waals surface area contributed by atoms with Crippen molar-refractivity contribution in [2.45, 2.75) is 6.92 Å². The topological polar surface area (TPSA) is 66.9 Å². The molecule has 2 amide bonds. The summed E-state index contributed by atoms with van der Waals surface area (Å²) in [6.07, 6.45) is 0.409. The van der Waals surface area contributed by atoms with Crippen LogP contribution in [0.3, 0.4) is 0 Å². The van der Waals surface area contributed by atoms with Crippen LogP contribution in [0.15, 0.2) is 24.3 Å². The zero-order valence-corrected chi connectivity index (χ0v) is 11.9. The molecule has 0 unspecified atom stereocenters. The molecule has 0 N–H and O–H groups in total. The Morgan fingerprint density at radius 3 is 2.19 bits per heavy atom. The number of piperazine rings is 1. The van der Waals surface area contributed by atoms with Crippen LogP contribution < -0.4 is 0 Å². The second-order valence-corrected chi connectivity index (χ2v) is 4.72. The maximum atomic E-state index is 12.3. The second kappa shape index (κ2) is 6.88. The molecule has 6 heteroatoms. The maximum Gasteiger partial charge on any atom is 0.409 e. The van der Waals surface area contributed by atoms with Crippen LogP contribution in [0.1, 0.15) is 27.6 Å². The van der Waals surface area contributed by atoms with Crippen LogP contribution in [0, 0.1) is 0 Å². The molecule has 0 spiro atoms. The summed E-state index contributed by atoms with van der Waals surface area (Å²) in [5, 5.41) is 0. The first-order valence-electron chi connectivity index (χ1n) is 6.92. The largest absolute Gasteiger partial charge is 0.450 e. The van der Waals surface area contributed by atoms with Crippen molar-refractivity contribution >= 4 is 18.3 Å². The third-order valence-corrected chi connectivity index (χ3v) is 3.39. The molecule has 1 saturated heterocycles. The lowest BCUT2D eigenvalue weighted by atomic mass is 10.1. The van der Waals surface area contributed by atoms with Gasteiger partial charge in [-0.3, -0.25) is 9.59 Å². The number of rotatable bonds is 3. The van der Waals surface area contributed by atoms with Crippen LogP contribution in [-0.2, 0) is 4.74 Å². The monoisotopic (exact) mass is 290 g/mol. The summed E-state index contributed by atoms with van der Waals surface area (Å²) >= 11 is 0. The minimum absolute atomic E-state index is 0.0871. The van der Waals surface area contributed by atoms with E-state index in [9.17, 15) is 14.4 Å². The van der Waals surface area contributed by atoms with Crippen LogP contribution in [0.2, 0.25) is 0 Å². The fourth-order valence-electron chi connectivity index (χ4n) is 2.19. The van der Waals surface area contributed by atoms with E-state index in [1.54, 1.807) is 41.0 Å². The van der Waals surface area contributed by atoms with Crippen molar-refractivity contribution < 1.29 is 19.1 Å². The van der Waals surface area contributed by atoms with E-state index < -0.39 is 0 Å². The van der Waals surface area contributed by atoms with Crippen LogP contribution in [0.4, 0.5) is 4.79 Å². The Morgan fingerprint density at radius 2 is 1.67 bits per heavy atom. The van der Waals surface area contributed by atoms with Gasteiger partial charge in [-0.25, -0.2) is 4.79 Å².